The number of halogens is 1. The third-order valence-corrected chi connectivity index (χ3v) is 5.92. The lowest BCUT2D eigenvalue weighted by atomic mass is 9.74. The highest BCUT2D eigenvalue weighted by molar-refractivity contribution is 7.16. The Morgan fingerprint density at radius 3 is 2.58 bits per heavy atom. The standard InChI is InChI=1S/C16H26ClNS/c1-10(2)13-6-5-11(3)9-14(13)18-12(4)15-7-8-16(17)19-15/h7-8,10-14,18H,5-6,9H2,1-4H3. The zero-order chi connectivity index (χ0) is 14.0. The molecule has 1 aromatic heterocycles. The van der Waals surface area contributed by atoms with Gasteiger partial charge >= 0.3 is 0 Å². The van der Waals surface area contributed by atoms with E-state index < -0.39 is 0 Å². The number of hydrogen-bond acceptors (Lipinski definition) is 2. The number of hydrogen-bond donors (Lipinski definition) is 1. The molecule has 1 saturated carbocycles. The molecule has 0 saturated heterocycles. The summed E-state index contributed by atoms with van der Waals surface area (Å²) >= 11 is 7.74. The third-order valence-electron chi connectivity index (χ3n) is 4.51. The SMILES string of the molecule is CC1CCC(C(C)C)C(NC(C)c2ccc(Cl)s2)C1. The Hall–Kier alpha value is -0.0500. The Balaban J connectivity index is 2.02. The first-order valence-electron chi connectivity index (χ1n) is 7.48. The Kier molecular flexibility index (Phi) is 5.33. The van der Waals surface area contributed by atoms with E-state index in [0.29, 0.717) is 12.1 Å². The molecule has 1 nitrogen and oxygen atoms in total. The summed E-state index contributed by atoms with van der Waals surface area (Å²) in [5.74, 6) is 2.44. The van der Waals surface area contributed by atoms with Gasteiger partial charge in [-0.1, -0.05) is 38.8 Å². The maximum atomic E-state index is 6.04. The molecule has 108 valence electrons. The molecule has 3 heteroatoms. The summed E-state index contributed by atoms with van der Waals surface area (Å²) in [6.45, 7) is 9.38. The van der Waals surface area contributed by atoms with Gasteiger partial charge in [0.25, 0.3) is 0 Å². The summed E-state index contributed by atoms with van der Waals surface area (Å²) in [4.78, 5) is 1.35. The number of thiophene rings is 1. The van der Waals surface area contributed by atoms with E-state index >= 15 is 0 Å². The van der Waals surface area contributed by atoms with E-state index in [-0.39, 0.29) is 0 Å². The monoisotopic (exact) mass is 299 g/mol. The fourth-order valence-electron chi connectivity index (χ4n) is 3.36. The fraction of sp³-hybridized carbons (Fsp3) is 0.750. The van der Waals surface area contributed by atoms with Crippen molar-refractivity contribution >= 4 is 22.9 Å². The quantitative estimate of drug-likeness (QED) is 0.772. The molecule has 0 amide bonds. The van der Waals surface area contributed by atoms with Crippen molar-refractivity contribution in [2.45, 2.75) is 59.0 Å². The average molecular weight is 300 g/mol. The molecule has 0 bridgehead atoms. The first kappa shape index (κ1) is 15.3. The molecule has 4 unspecified atom stereocenters. The van der Waals surface area contributed by atoms with Crippen molar-refractivity contribution < 1.29 is 0 Å². The van der Waals surface area contributed by atoms with Gasteiger partial charge in [-0.25, -0.2) is 0 Å². The lowest BCUT2D eigenvalue weighted by Crippen LogP contribution is -2.43. The molecule has 0 aliphatic heterocycles. The van der Waals surface area contributed by atoms with Crippen LogP contribution >= 0.6 is 22.9 Å². The zero-order valence-corrected chi connectivity index (χ0v) is 14.0. The van der Waals surface area contributed by atoms with Crippen molar-refractivity contribution in [3.05, 3.63) is 21.3 Å². The maximum absolute atomic E-state index is 6.04. The minimum atomic E-state index is 0.411. The van der Waals surface area contributed by atoms with Crippen LogP contribution in [0.1, 0.15) is 57.9 Å². The maximum Gasteiger partial charge on any atom is 0.0931 e. The molecule has 19 heavy (non-hydrogen) atoms. The van der Waals surface area contributed by atoms with E-state index in [1.165, 1.54) is 24.1 Å². The molecule has 1 fully saturated rings. The minimum Gasteiger partial charge on any atom is -0.306 e. The van der Waals surface area contributed by atoms with Crippen molar-refractivity contribution in [2.75, 3.05) is 0 Å². The summed E-state index contributed by atoms with van der Waals surface area (Å²) in [5, 5.41) is 3.86. The Bertz CT molecular complexity index is 401. The van der Waals surface area contributed by atoms with Gasteiger partial charge in [-0.3, -0.25) is 0 Å². The molecule has 1 aliphatic rings. The molecule has 4 atom stereocenters. The molecule has 2 rings (SSSR count). The van der Waals surface area contributed by atoms with E-state index in [1.807, 2.05) is 6.07 Å². The van der Waals surface area contributed by atoms with Gasteiger partial charge in [-0.05, 0) is 49.7 Å². The lowest BCUT2D eigenvalue weighted by Gasteiger charge is -2.39. The Morgan fingerprint density at radius 1 is 1.26 bits per heavy atom. The largest absolute Gasteiger partial charge is 0.306 e. The summed E-state index contributed by atoms with van der Waals surface area (Å²) in [6, 6.07) is 5.22. The average Bonchev–Trinajstić information content (AvgIpc) is 2.75. The van der Waals surface area contributed by atoms with E-state index in [2.05, 4.69) is 39.1 Å². The molecule has 0 spiro atoms. The summed E-state index contributed by atoms with van der Waals surface area (Å²) < 4.78 is 0.890. The molecule has 1 heterocycles. The van der Waals surface area contributed by atoms with Crippen molar-refractivity contribution in [2.24, 2.45) is 17.8 Å². The molecule has 0 radical (unpaired) electrons. The first-order chi connectivity index (χ1) is 8.97. The highest BCUT2D eigenvalue weighted by atomic mass is 35.5. The van der Waals surface area contributed by atoms with Crippen LogP contribution in [-0.2, 0) is 0 Å². The number of rotatable bonds is 4. The number of nitrogens with one attached hydrogen (secondary N) is 1. The van der Waals surface area contributed by atoms with Gasteiger partial charge in [-0.2, -0.15) is 0 Å². The van der Waals surface area contributed by atoms with Crippen LogP contribution in [0.25, 0.3) is 0 Å². The van der Waals surface area contributed by atoms with Crippen LogP contribution < -0.4 is 5.32 Å². The minimum absolute atomic E-state index is 0.411. The third kappa shape index (κ3) is 3.96. The lowest BCUT2D eigenvalue weighted by molar-refractivity contribution is 0.161. The van der Waals surface area contributed by atoms with E-state index in [1.54, 1.807) is 11.3 Å². The van der Waals surface area contributed by atoms with Crippen molar-refractivity contribution in [3.8, 4) is 0 Å². The molecule has 1 aromatic rings. The van der Waals surface area contributed by atoms with Crippen molar-refractivity contribution in [3.63, 3.8) is 0 Å². The normalized spacial score (nSPS) is 29.7. The van der Waals surface area contributed by atoms with Gasteiger partial charge < -0.3 is 5.32 Å². The smallest absolute Gasteiger partial charge is 0.0931 e. The Labute approximate surface area is 126 Å². The van der Waals surface area contributed by atoms with Crippen LogP contribution in [0.3, 0.4) is 0 Å². The van der Waals surface area contributed by atoms with Gasteiger partial charge in [0.15, 0.2) is 0 Å². The van der Waals surface area contributed by atoms with Gasteiger partial charge in [0.1, 0.15) is 0 Å². The predicted octanol–water partition coefficient (Wildman–Crippen LogP) is 5.51. The second kappa shape index (κ2) is 6.60. The predicted molar refractivity (Wildman–Crippen MR) is 86.0 cm³/mol. The fourth-order valence-corrected chi connectivity index (χ4v) is 4.43. The molecular weight excluding hydrogens is 274 g/mol. The molecule has 0 aromatic carbocycles. The van der Waals surface area contributed by atoms with Crippen LogP contribution in [0, 0.1) is 17.8 Å². The van der Waals surface area contributed by atoms with Crippen LogP contribution in [0.4, 0.5) is 0 Å². The van der Waals surface area contributed by atoms with Gasteiger partial charge in [0.2, 0.25) is 0 Å². The topological polar surface area (TPSA) is 12.0 Å². The van der Waals surface area contributed by atoms with E-state index in [4.69, 9.17) is 11.6 Å². The molecular formula is C16H26ClNS. The van der Waals surface area contributed by atoms with Crippen molar-refractivity contribution in [1.29, 1.82) is 0 Å². The first-order valence-corrected chi connectivity index (χ1v) is 8.68. The van der Waals surface area contributed by atoms with Crippen LogP contribution in [-0.4, -0.2) is 6.04 Å². The van der Waals surface area contributed by atoms with Crippen LogP contribution in [0.15, 0.2) is 12.1 Å². The van der Waals surface area contributed by atoms with Crippen LogP contribution in [0.2, 0.25) is 4.34 Å². The highest BCUT2D eigenvalue weighted by Crippen LogP contribution is 2.35. The Morgan fingerprint density at radius 2 is 2.00 bits per heavy atom. The second-order valence-corrected chi connectivity index (χ2v) is 8.21. The highest BCUT2D eigenvalue weighted by Gasteiger charge is 2.31. The molecule has 1 N–H and O–H groups in total. The summed E-state index contributed by atoms with van der Waals surface area (Å²) in [7, 11) is 0. The zero-order valence-electron chi connectivity index (χ0n) is 12.4. The van der Waals surface area contributed by atoms with E-state index in [0.717, 1.165) is 22.1 Å². The van der Waals surface area contributed by atoms with Gasteiger partial charge in [0.05, 0.1) is 4.34 Å². The van der Waals surface area contributed by atoms with E-state index in [9.17, 15) is 0 Å². The molecule has 1 aliphatic carbocycles. The summed E-state index contributed by atoms with van der Waals surface area (Å²) in [6.07, 6.45) is 4.07. The summed E-state index contributed by atoms with van der Waals surface area (Å²) in [5.41, 5.74) is 0. The second-order valence-electron chi connectivity index (χ2n) is 6.46. The van der Waals surface area contributed by atoms with Crippen LogP contribution in [0.5, 0.6) is 0 Å². The van der Waals surface area contributed by atoms with Gasteiger partial charge in [-0.15, -0.1) is 11.3 Å². The van der Waals surface area contributed by atoms with Crippen molar-refractivity contribution in [1.82, 2.24) is 5.32 Å². The van der Waals surface area contributed by atoms with Gasteiger partial charge in [0, 0.05) is 17.0 Å².